The lowest BCUT2D eigenvalue weighted by Crippen LogP contribution is -1.92. The summed E-state index contributed by atoms with van der Waals surface area (Å²) in [7, 11) is 0. The molecular weight excluding hydrogens is 1390 g/mol. The lowest BCUT2D eigenvalue weighted by molar-refractivity contribution is 1.57. The van der Waals surface area contributed by atoms with E-state index in [1.165, 1.54) is 241 Å². The molecule has 0 bridgehead atoms. The molecule has 0 aliphatic rings. The summed E-state index contributed by atoms with van der Waals surface area (Å²) in [6.45, 7) is 0. The Bertz CT molecular complexity index is 8040. The molecule has 0 aliphatic heterocycles. The van der Waals surface area contributed by atoms with Crippen LogP contribution in [0.2, 0.25) is 0 Å². The summed E-state index contributed by atoms with van der Waals surface area (Å²) in [5, 5.41) is 30.5. The second-order valence-corrected chi connectivity index (χ2v) is 33.1. The number of benzene rings is 21. The van der Waals surface area contributed by atoms with Gasteiger partial charge in [-0.3, -0.25) is 0 Å². The average molecular weight is 1460 g/mol. The van der Waals surface area contributed by atoms with Crippen molar-refractivity contribution in [2.45, 2.75) is 0 Å². The largest absolute Gasteiger partial charge is 0.135 e. The van der Waals surface area contributed by atoms with Crippen molar-refractivity contribution in [1.82, 2.24) is 0 Å². The third kappa shape index (κ3) is 9.70. The summed E-state index contributed by atoms with van der Waals surface area (Å²) in [6.07, 6.45) is 0. The average Bonchev–Trinajstić information content (AvgIpc) is 1.58. The summed E-state index contributed by atoms with van der Waals surface area (Å²) in [6, 6.07) is 143. The standard InChI is InChI=1S/C108H62S3/c1-2-21-63(22-3-1)74-36-18-40-95-96-41-20-38-76(107(96)111-106(74)95)72-54-69(64-43-49-89-83-29-7-4-23-77(83)80-26-10-13-32-86(80)99(89)56-64)53-71(55-72)73-48-45-66(57-97(73)67-46-50-90-84-30-8-5-24-78(84)81-27-11-14-33-87(81)100(90)58-67)75-37-19-39-94-93-52-44-65(62-104(93)110-105(75)94)70-60-98(108-102(61-70)92-35-16-17-42-103(92)109-108)68-47-51-91-85-31-9-6-25-79(85)82-28-12-15-34-88(82)101(91)59-68/h1-62H. The molecule has 0 amide bonds. The smallest absolute Gasteiger partial charge is 0.0434 e. The highest BCUT2D eigenvalue weighted by molar-refractivity contribution is 7.27. The highest BCUT2D eigenvalue weighted by Crippen LogP contribution is 2.52. The molecule has 0 saturated carbocycles. The zero-order valence-electron chi connectivity index (χ0n) is 60.0. The van der Waals surface area contributed by atoms with Crippen molar-refractivity contribution in [2.24, 2.45) is 0 Å². The molecule has 0 radical (unpaired) electrons. The molecule has 3 heterocycles. The molecular formula is C108H62S3. The van der Waals surface area contributed by atoms with Gasteiger partial charge in [-0.05, 0) is 247 Å². The predicted molar refractivity (Wildman–Crippen MR) is 486 cm³/mol. The van der Waals surface area contributed by atoms with Gasteiger partial charge in [-0.2, -0.15) is 0 Å². The van der Waals surface area contributed by atoms with E-state index in [1.54, 1.807) is 0 Å². The van der Waals surface area contributed by atoms with Crippen LogP contribution in [-0.4, -0.2) is 0 Å². The molecule has 0 N–H and O–H groups in total. The van der Waals surface area contributed by atoms with Crippen molar-refractivity contribution in [3.63, 3.8) is 0 Å². The molecule has 0 saturated heterocycles. The van der Waals surface area contributed by atoms with Gasteiger partial charge < -0.3 is 0 Å². The summed E-state index contributed by atoms with van der Waals surface area (Å²) >= 11 is 5.74. The summed E-state index contributed by atoms with van der Waals surface area (Å²) < 4.78 is 7.76. The van der Waals surface area contributed by atoms with E-state index in [2.05, 4.69) is 376 Å². The Kier molecular flexibility index (Phi) is 13.9. The van der Waals surface area contributed by atoms with Crippen LogP contribution in [0.25, 0.3) is 246 Å². The van der Waals surface area contributed by atoms with Crippen molar-refractivity contribution >= 4 is 191 Å². The van der Waals surface area contributed by atoms with Crippen molar-refractivity contribution in [3.05, 3.63) is 376 Å². The van der Waals surface area contributed by atoms with E-state index in [-0.39, 0.29) is 0 Å². The predicted octanol–water partition coefficient (Wildman–Crippen LogP) is 32.5. The number of hydrogen-bond acceptors (Lipinski definition) is 3. The summed E-state index contributed by atoms with van der Waals surface area (Å²) in [5.41, 5.74) is 19.2. The number of thiophene rings is 3. The van der Waals surface area contributed by atoms with E-state index in [0.717, 1.165) is 5.56 Å². The Morgan fingerprint density at radius 3 is 0.928 bits per heavy atom. The zero-order chi connectivity index (χ0) is 72.5. The Morgan fingerprint density at radius 1 is 0.108 bits per heavy atom. The molecule has 24 rings (SSSR count). The maximum absolute atomic E-state index is 2.52. The first-order valence-electron chi connectivity index (χ1n) is 38.2. The number of hydrogen-bond donors (Lipinski definition) is 0. The molecule has 0 fully saturated rings. The molecule has 0 spiro atoms. The first-order valence-corrected chi connectivity index (χ1v) is 40.7. The highest BCUT2D eigenvalue weighted by atomic mass is 32.1. The molecule has 0 atom stereocenters. The number of rotatable bonds is 8. The minimum absolute atomic E-state index is 1.16. The van der Waals surface area contributed by atoms with Crippen LogP contribution in [0.5, 0.6) is 0 Å². The Hall–Kier alpha value is -13.4. The second-order valence-electron chi connectivity index (χ2n) is 29.9. The van der Waals surface area contributed by atoms with Crippen LogP contribution in [-0.2, 0) is 0 Å². The van der Waals surface area contributed by atoms with Crippen molar-refractivity contribution < 1.29 is 0 Å². The van der Waals surface area contributed by atoms with Crippen LogP contribution in [0, 0.1) is 0 Å². The van der Waals surface area contributed by atoms with Crippen LogP contribution in [0.15, 0.2) is 376 Å². The van der Waals surface area contributed by atoms with Crippen LogP contribution >= 0.6 is 34.0 Å². The molecule has 0 aliphatic carbocycles. The third-order valence-corrected chi connectivity index (χ3v) is 27.7. The minimum Gasteiger partial charge on any atom is -0.135 e. The lowest BCUT2D eigenvalue weighted by atomic mass is 9.86. The van der Waals surface area contributed by atoms with E-state index in [9.17, 15) is 0 Å². The fraction of sp³-hybridized carbons (Fsp3) is 0. The van der Waals surface area contributed by atoms with Gasteiger partial charge in [0.25, 0.3) is 0 Å². The van der Waals surface area contributed by atoms with Gasteiger partial charge in [0.05, 0.1) is 0 Å². The lowest BCUT2D eigenvalue weighted by Gasteiger charge is -2.18. The molecule has 24 aromatic rings. The van der Waals surface area contributed by atoms with Gasteiger partial charge in [-0.1, -0.05) is 309 Å². The molecule has 3 aromatic heterocycles. The molecule has 3 heteroatoms. The van der Waals surface area contributed by atoms with Crippen LogP contribution in [0.4, 0.5) is 0 Å². The SMILES string of the molecule is c1ccc(-c2cccc3c2sc2c(-c4cc(-c5ccc6c7ccccc7c7ccccc7c6c5)cc(-c5ccc(-c6cccc7c6sc6cc(-c8cc(-c9ccc%10c%11ccccc%11c%11ccccc%11c%10c9)c9sc%10ccccc%10c9c8)ccc67)cc5-c5ccc6c7ccccc7c7ccccc7c6c5)c4)cccc23)cc1. The Labute approximate surface area is 651 Å². The maximum atomic E-state index is 2.52. The highest BCUT2D eigenvalue weighted by Gasteiger charge is 2.23. The van der Waals surface area contributed by atoms with Gasteiger partial charge in [0.1, 0.15) is 0 Å². The fourth-order valence-electron chi connectivity index (χ4n) is 18.9. The van der Waals surface area contributed by atoms with Gasteiger partial charge in [0, 0.05) is 66.1 Å². The molecule has 0 nitrogen and oxygen atoms in total. The number of fused-ring (bicyclic) bond motifs is 27. The molecule has 111 heavy (non-hydrogen) atoms. The molecule has 512 valence electrons. The molecule has 0 unspecified atom stereocenters. The van der Waals surface area contributed by atoms with Gasteiger partial charge in [0.15, 0.2) is 0 Å². The summed E-state index contributed by atoms with van der Waals surface area (Å²) in [4.78, 5) is 0. The van der Waals surface area contributed by atoms with Crippen molar-refractivity contribution in [1.29, 1.82) is 0 Å². The van der Waals surface area contributed by atoms with Crippen molar-refractivity contribution in [2.75, 3.05) is 0 Å². The third-order valence-electron chi connectivity index (χ3n) is 24.0. The van der Waals surface area contributed by atoms with E-state index >= 15 is 0 Å². The summed E-state index contributed by atoms with van der Waals surface area (Å²) in [5.74, 6) is 0. The van der Waals surface area contributed by atoms with Crippen LogP contribution in [0.1, 0.15) is 0 Å². The second kappa shape index (κ2) is 24.6. The minimum atomic E-state index is 1.16. The van der Waals surface area contributed by atoms with Gasteiger partial charge in [0.2, 0.25) is 0 Å². The van der Waals surface area contributed by atoms with Gasteiger partial charge in [-0.15, -0.1) is 34.0 Å². The quantitative estimate of drug-likeness (QED) is 0.133. The van der Waals surface area contributed by atoms with Gasteiger partial charge in [-0.25, -0.2) is 0 Å². The van der Waals surface area contributed by atoms with E-state index < -0.39 is 0 Å². The molecule has 21 aromatic carbocycles. The van der Waals surface area contributed by atoms with E-state index in [0.29, 0.717) is 0 Å². The van der Waals surface area contributed by atoms with E-state index in [1.807, 2.05) is 34.0 Å². The first kappa shape index (κ1) is 62.6. The van der Waals surface area contributed by atoms with Gasteiger partial charge >= 0.3 is 0 Å². The zero-order valence-corrected chi connectivity index (χ0v) is 62.5. The normalized spacial score (nSPS) is 12.1. The van der Waals surface area contributed by atoms with E-state index in [4.69, 9.17) is 0 Å². The van der Waals surface area contributed by atoms with Crippen LogP contribution < -0.4 is 0 Å². The first-order chi connectivity index (χ1) is 55.0. The fourth-order valence-corrected chi connectivity index (χ4v) is 22.7. The Balaban J connectivity index is 0.711. The monoisotopic (exact) mass is 1450 g/mol. The Morgan fingerprint density at radius 2 is 0.405 bits per heavy atom. The maximum Gasteiger partial charge on any atom is 0.0434 e. The van der Waals surface area contributed by atoms with Crippen LogP contribution in [0.3, 0.4) is 0 Å². The van der Waals surface area contributed by atoms with Crippen molar-refractivity contribution in [3.8, 4) is 89.0 Å². The topological polar surface area (TPSA) is 0 Å².